The van der Waals surface area contributed by atoms with Gasteiger partial charge in [-0.15, -0.1) is 10.2 Å². The average molecular weight is 285 g/mol. The number of aromatic amines is 1. The third kappa shape index (κ3) is 3.19. The van der Waals surface area contributed by atoms with Gasteiger partial charge in [0.05, 0.1) is 11.5 Å². The number of aliphatic hydroxyl groups excluding tert-OH is 1. The summed E-state index contributed by atoms with van der Waals surface area (Å²) in [6.45, 7) is 0.00294. The topological polar surface area (TPSA) is 113 Å². The predicted molar refractivity (Wildman–Crippen MR) is 66.6 cm³/mol. The van der Waals surface area contributed by atoms with Crippen molar-refractivity contribution in [3.05, 3.63) is 30.1 Å². The summed E-state index contributed by atoms with van der Waals surface area (Å²) in [6, 6.07) is 1.39. The molecule has 3 N–H and O–H groups in total. The van der Waals surface area contributed by atoms with E-state index in [1.165, 1.54) is 12.3 Å². The predicted octanol–water partition coefficient (Wildman–Crippen LogP) is -0.843. The van der Waals surface area contributed by atoms with Gasteiger partial charge in [-0.05, 0) is 6.07 Å². The van der Waals surface area contributed by atoms with Gasteiger partial charge in [0.1, 0.15) is 12.2 Å². The van der Waals surface area contributed by atoms with E-state index < -0.39 is 10.0 Å². The zero-order chi connectivity index (χ0) is 13.9. The smallest absolute Gasteiger partial charge is 0.242 e. The Morgan fingerprint density at radius 2 is 2.32 bits per heavy atom. The molecule has 2 rings (SSSR count). The van der Waals surface area contributed by atoms with E-state index in [0.29, 0.717) is 17.9 Å². The Bertz CT molecular complexity index is 646. The minimum absolute atomic E-state index is 0.106. The van der Waals surface area contributed by atoms with Gasteiger partial charge in [0.25, 0.3) is 0 Å². The van der Waals surface area contributed by atoms with Crippen LogP contribution >= 0.6 is 0 Å². The second-order valence-electron chi connectivity index (χ2n) is 4.02. The number of rotatable bonds is 6. The molecule has 104 valence electrons. The number of H-pyrrole nitrogens is 1. The summed E-state index contributed by atoms with van der Waals surface area (Å²) in [5.41, 5.74) is 0.452. The van der Waals surface area contributed by atoms with Crippen molar-refractivity contribution in [2.75, 3.05) is 6.54 Å². The van der Waals surface area contributed by atoms with E-state index >= 15 is 0 Å². The molecule has 9 heteroatoms. The molecule has 0 bridgehead atoms. The second-order valence-corrected chi connectivity index (χ2v) is 5.79. The maximum Gasteiger partial charge on any atom is 0.242 e. The highest BCUT2D eigenvalue weighted by Crippen LogP contribution is 2.10. The van der Waals surface area contributed by atoms with E-state index in [0.717, 1.165) is 0 Å². The summed E-state index contributed by atoms with van der Waals surface area (Å²) < 4.78 is 28.0. The molecule has 0 saturated carbocycles. The number of nitrogens with one attached hydrogen (secondary N) is 2. The first-order valence-electron chi connectivity index (χ1n) is 5.63. The van der Waals surface area contributed by atoms with Crippen LogP contribution in [0, 0.1) is 0 Å². The van der Waals surface area contributed by atoms with Gasteiger partial charge in [0.15, 0.2) is 0 Å². The van der Waals surface area contributed by atoms with E-state index in [2.05, 4.69) is 19.9 Å². The molecule has 2 aromatic heterocycles. The van der Waals surface area contributed by atoms with Crippen molar-refractivity contribution >= 4 is 10.0 Å². The second kappa shape index (κ2) is 5.51. The summed E-state index contributed by atoms with van der Waals surface area (Å²) in [5.74, 6) is 0.702. The Hall–Kier alpha value is -1.71. The molecule has 2 heterocycles. The summed E-state index contributed by atoms with van der Waals surface area (Å²) in [4.78, 5) is 2.79. The SMILES string of the molecule is Cn1cnnc1CCNS(=O)(=O)c1c[nH]c(CO)c1. The fourth-order valence-electron chi connectivity index (χ4n) is 1.58. The first kappa shape index (κ1) is 13.7. The Balaban J connectivity index is 1.96. The van der Waals surface area contributed by atoms with Crippen LogP contribution in [0.3, 0.4) is 0 Å². The van der Waals surface area contributed by atoms with Crippen LogP contribution in [0.25, 0.3) is 0 Å². The first-order valence-corrected chi connectivity index (χ1v) is 7.12. The van der Waals surface area contributed by atoms with Crippen molar-refractivity contribution in [3.8, 4) is 0 Å². The maximum absolute atomic E-state index is 11.9. The number of nitrogens with zero attached hydrogens (tertiary/aromatic N) is 3. The Morgan fingerprint density at radius 3 is 2.89 bits per heavy atom. The quantitative estimate of drug-likeness (QED) is 0.640. The van der Waals surface area contributed by atoms with Gasteiger partial charge < -0.3 is 14.7 Å². The van der Waals surface area contributed by atoms with E-state index in [1.807, 2.05) is 0 Å². The van der Waals surface area contributed by atoms with Crippen LogP contribution in [0.1, 0.15) is 11.5 Å². The molecule has 0 aliphatic carbocycles. The number of aromatic nitrogens is 4. The Labute approximate surface area is 110 Å². The van der Waals surface area contributed by atoms with Gasteiger partial charge in [0, 0.05) is 31.9 Å². The molecule has 0 unspecified atom stereocenters. The lowest BCUT2D eigenvalue weighted by atomic mass is 10.4. The minimum atomic E-state index is -3.57. The molecule has 0 aliphatic rings. The van der Waals surface area contributed by atoms with Crippen molar-refractivity contribution in [1.29, 1.82) is 0 Å². The summed E-state index contributed by atoms with van der Waals surface area (Å²) >= 11 is 0. The van der Waals surface area contributed by atoms with Gasteiger partial charge in [-0.3, -0.25) is 0 Å². The maximum atomic E-state index is 11.9. The van der Waals surface area contributed by atoms with Crippen LogP contribution in [-0.4, -0.2) is 39.8 Å². The standard InChI is InChI=1S/C10H15N5O3S/c1-15-7-12-14-10(15)2-3-13-19(17,18)9-4-8(6-16)11-5-9/h4-5,7,11,13,16H,2-3,6H2,1H3. The third-order valence-electron chi connectivity index (χ3n) is 2.64. The minimum Gasteiger partial charge on any atom is -0.390 e. The molecule has 0 amide bonds. The highest BCUT2D eigenvalue weighted by Gasteiger charge is 2.15. The van der Waals surface area contributed by atoms with Crippen LogP contribution in [0.2, 0.25) is 0 Å². The average Bonchev–Trinajstić information content (AvgIpc) is 2.99. The highest BCUT2D eigenvalue weighted by atomic mass is 32.2. The lowest BCUT2D eigenvalue weighted by molar-refractivity contribution is 0.277. The molecule has 0 aromatic carbocycles. The Kier molecular flexibility index (Phi) is 3.98. The van der Waals surface area contributed by atoms with Crippen LogP contribution in [0.5, 0.6) is 0 Å². The van der Waals surface area contributed by atoms with E-state index in [1.54, 1.807) is 17.9 Å². The van der Waals surface area contributed by atoms with E-state index in [4.69, 9.17) is 5.11 Å². The number of hydrogen-bond acceptors (Lipinski definition) is 5. The van der Waals surface area contributed by atoms with Gasteiger partial charge in [-0.25, -0.2) is 13.1 Å². The van der Waals surface area contributed by atoms with Gasteiger partial charge in [-0.1, -0.05) is 0 Å². The van der Waals surface area contributed by atoms with Crippen LogP contribution in [-0.2, 0) is 30.1 Å². The summed E-state index contributed by atoms with van der Waals surface area (Å²) in [5, 5.41) is 16.5. The molecule has 0 spiro atoms. The number of aliphatic hydroxyl groups is 1. The number of sulfonamides is 1. The molecule has 0 saturated heterocycles. The lowest BCUT2D eigenvalue weighted by Crippen LogP contribution is -2.26. The molecule has 19 heavy (non-hydrogen) atoms. The van der Waals surface area contributed by atoms with Gasteiger partial charge in [0.2, 0.25) is 10.0 Å². The fraction of sp³-hybridized carbons (Fsp3) is 0.400. The zero-order valence-corrected chi connectivity index (χ0v) is 11.2. The summed E-state index contributed by atoms with van der Waals surface area (Å²) in [6.07, 6.45) is 3.35. The molecular formula is C10H15N5O3S. The normalized spacial score (nSPS) is 11.9. The number of hydrogen-bond donors (Lipinski definition) is 3. The molecule has 8 nitrogen and oxygen atoms in total. The van der Waals surface area contributed by atoms with Gasteiger partial charge >= 0.3 is 0 Å². The zero-order valence-electron chi connectivity index (χ0n) is 10.4. The van der Waals surface area contributed by atoms with Gasteiger partial charge in [-0.2, -0.15) is 0 Å². The van der Waals surface area contributed by atoms with E-state index in [9.17, 15) is 8.42 Å². The van der Waals surface area contributed by atoms with Crippen LogP contribution < -0.4 is 4.72 Å². The molecule has 0 aliphatic heterocycles. The molecule has 0 fully saturated rings. The summed E-state index contributed by atoms with van der Waals surface area (Å²) in [7, 11) is -1.77. The third-order valence-corrected chi connectivity index (χ3v) is 4.08. The molecular weight excluding hydrogens is 270 g/mol. The van der Waals surface area contributed by atoms with Crippen molar-refractivity contribution in [2.45, 2.75) is 17.9 Å². The van der Waals surface area contributed by atoms with Crippen LogP contribution in [0.15, 0.2) is 23.5 Å². The highest BCUT2D eigenvalue weighted by molar-refractivity contribution is 7.89. The molecule has 0 radical (unpaired) electrons. The first-order chi connectivity index (χ1) is 9.03. The van der Waals surface area contributed by atoms with Crippen molar-refractivity contribution in [2.24, 2.45) is 7.05 Å². The fourth-order valence-corrected chi connectivity index (χ4v) is 2.63. The van der Waals surface area contributed by atoms with E-state index in [-0.39, 0.29) is 18.0 Å². The van der Waals surface area contributed by atoms with Crippen LogP contribution in [0.4, 0.5) is 0 Å². The monoisotopic (exact) mass is 285 g/mol. The Morgan fingerprint density at radius 1 is 1.53 bits per heavy atom. The van der Waals surface area contributed by atoms with Crippen molar-refractivity contribution < 1.29 is 13.5 Å². The molecule has 0 atom stereocenters. The van der Waals surface area contributed by atoms with Crippen molar-refractivity contribution in [1.82, 2.24) is 24.5 Å². The van der Waals surface area contributed by atoms with Crippen molar-refractivity contribution in [3.63, 3.8) is 0 Å². The largest absolute Gasteiger partial charge is 0.390 e. The lowest BCUT2D eigenvalue weighted by Gasteiger charge is -2.04. The molecule has 2 aromatic rings. The number of aryl methyl sites for hydroxylation is 1.